The number of benzene rings is 2. The fourth-order valence-corrected chi connectivity index (χ4v) is 5.36. The molecule has 0 saturated carbocycles. The molecule has 0 radical (unpaired) electrons. The van der Waals surface area contributed by atoms with E-state index < -0.39 is 11.9 Å². The lowest BCUT2D eigenvalue weighted by molar-refractivity contribution is -0.151. The van der Waals surface area contributed by atoms with Gasteiger partial charge in [0, 0.05) is 31.1 Å². The number of nitrogens with zero attached hydrogens (tertiary/aromatic N) is 2. The molecular formula is C32H38N2O7. The van der Waals surface area contributed by atoms with Crippen LogP contribution in [-0.4, -0.2) is 66.4 Å². The molecular weight excluding hydrogens is 524 g/mol. The van der Waals surface area contributed by atoms with Crippen molar-refractivity contribution < 1.29 is 33.4 Å². The van der Waals surface area contributed by atoms with Crippen molar-refractivity contribution in [3.63, 3.8) is 0 Å². The van der Waals surface area contributed by atoms with Crippen molar-refractivity contribution in [1.82, 2.24) is 9.80 Å². The van der Waals surface area contributed by atoms with Crippen LogP contribution in [0.1, 0.15) is 57.1 Å². The van der Waals surface area contributed by atoms with Crippen LogP contribution < -0.4 is 4.74 Å². The van der Waals surface area contributed by atoms with E-state index in [1.165, 1.54) is 4.90 Å². The van der Waals surface area contributed by atoms with E-state index in [-0.39, 0.29) is 43.3 Å². The molecule has 1 fully saturated rings. The maximum Gasteiger partial charge on any atom is 0.336 e. The van der Waals surface area contributed by atoms with E-state index in [0.29, 0.717) is 56.2 Å². The normalized spacial score (nSPS) is 17.8. The van der Waals surface area contributed by atoms with E-state index in [1.807, 2.05) is 54.6 Å². The summed E-state index contributed by atoms with van der Waals surface area (Å²) in [4.78, 5) is 54.8. The summed E-state index contributed by atoms with van der Waals surface area (Å²) in [6.45, 7) is 6.81. The molecule has 1 saturated heterocycles. The molecule has 0 aliphatic carbocycles. The van der Waals surface area contributed by atoms with Crippen LogP contribution in [0, 0.1) is 5.92 Å². The van der Waals surface area contributed by atoms with Crippen LogP contribution in [0.2, 0.25) is 0 Å². The van der Waals surface area contributed by atoms with Crippen molar-refractivity contribution in [3.05, 3.63) is 77.0 Å². The van der Waals surface area contributed by atoms with Gasteiger partial charge >= 0.3 is 11.9 Å². The zero-order valence-corrected chi connectivity index (χ0v) is 24.0. The SMILES string of the molecule is CCOC(=O)C1=C(C)N(CC(=O)N2CCC(C(=O)OCC)CC2)C(=O)CC1c1ccc(OCc2ccccc2)cc1. The number of hydrogen-bond acceptors (Lipinski definition) is 7. The quantitative estimate of drug-likeness (QED) is 0.400. The molecule has 2 heterocycles. The predicted molar refractivity (Wildman–Crippen MR) is 152 cm³/mol. The van der Waals surface area contributed by atoms with E-state index in [4.69, 9.17) is 14.2 Å². The molecule has 41 heavy (non-hydrogen) atoms. The Hall–Kier alpha value is -4.14. The first kappa shape index (κ1) is 29.8. The highest BCUT2D eigenvalue weighted by molar-refractivity contribution is 5.97. The van der Waals surface area contributed by atoms with Crippen LogP contribution in [0.5, 0.6) is 5.75 Å². The van der Waals surface area contributed by atoms with Crippen LogP contribution in [-0.2, 0) is 35.3 Å². The molecule has 1 atom stereocenters. The van der Waals surface area contributed by atoms with Crippen molar-refractivity contribution in [2.45, 2.75) is 52.6 Å². The monoisotopic (exact) mass is 562 g/mol. The molecule has 2 aliphatic rings. The second-order valence-electron chi connectivity index (χ2n) is 10.2. The third-order valence-electron chi connectivity index (χ3n) is 7.61. The number of hydrogen-bond donors (Lipinski definition) is 0. The average molecular weight is 563 g/mol. The summed E-state index contributed by atoms with van der Waals surface area (Å²) in [6, 6.07) is 17.2. The topological polar surface area (TPSA) is 102 Å². The van der Waals surface area contributed by atoms with Gasteiger partial charge in [0.05, 0.1) is 24.7 Å². The predicted octanol–water partition coefficient (Wildman–Crippen LogP) is 4.22. The zero-order valence-electron chi connectivity index (χ0n) is 24.0. The number of likely N-dealkylation sites (tertiary alicyclic amines) is 1. The van der Waals surface area contributed by atoms with Gasteiger partial charge in [-0.25, -0.2) is 4.79 Å². The van der Waals surface area contributed by atoms with Crippen LogP contribution >= 0.6 is 0 Å². The van der Waals surface area contributed by atoms with Crippen molar-refractivity contribution in [2.75, 3.05) is 32.8 Å². The van der Waals surface area contributed by atoms with E-state index in [9.17, 15) is 19.2 Å². The summed E-state index contributed by atoms with van der Waals surface area (Å²) in [6.07, 6.45) is 1.08. The van der Waals surface area contributed by atoms with Gasteiger partial charge in [-0.1, -0.05) is 42.5 Å². The van der Waals surface area contributed by atoms with Gasteiger partial charge in [-0.3, -0.25) is 14.4 Å². The Bertz CT molecular complexity index is 1260. The maximum atomic E-state index is 13.4. The Kier molecular flexibility index (Phi) is 10.2. The van der Waals surface area contributed by atoms with Crippen molar-refractivity contribution in [2.24, 2.45) is 5.92 Å². The van der Waals surface area contributed by atoms with Gasteiger partial charge < -0.3 is 24.0 Å². The van der Waals surface area contributed by atoms with Crippen molar-refractivity contribution in [3.8, 4) is 5.75 Å². The number of allylic oxidation sites excluding steroid dienone is 1. The van der Waals surface area contributed by atoms with Crippen molar-refractivity contribution >= 4 is 23.8 Å². The third kappa shape index (κ3) is 7.34. The number of rotatable bonds is 10. The summed E-state index contributed by atoms with van der Waals surface area (Å²) >= 11 is 0. The minimum Gasteiger partial charge on any atom is -0.489 e. The first-order valence-corrected chi connectivity index (χ1v) is 14.2. The second kappa shape index (κ2) is 14.0. The highest BCUT2D eigenvalue weighted by Crippen LogP contribution is 2.38. The van der Waals surface area contributed by atoms with Crippen LogP contribution in [0.15, 0.2) is 65.9 Å². The molecule has 0 bridgehead atoms. The Morgan fingerprint density at radius 1 is 0.902 bits per heavy atom. The number of piperidine rings is 1. The molecule has 4 rings (SSSR count). The number of carbonyl (C=O) groups excluding carboxylic acids is 4. The lowest BCUT2D eigenvalue weighted by Crippen LogP contribution is -2.48. The van der Waals surface area contributed by atoms with E-state index >= 15 is 0 Å². The highest BCUT2D eigenvalue weighted by Gasteiger charge is 2.38. The van der Waals surface area contributed by atoms with Gasteiger partial charge in [0.2, 0.25) is 11.8 Å². The van der Waals surface area contributed by atoms with Crippen LogP contribution in [0.3, 0.4) is 0 Å². The molecule has 0 N–H and O–H groups in total. The van der Waals surface area contributed by atoms with Gasteiger partial charge in [-0.15, -0.1) is 0 Å². The fraction of sp³-hybridized carbons (Fsp3) is 0.438. The Balaban J connectivity index is 1.47. The van der Waals surface area contributed by atoms with Crippen LogP contribution in [0.4, 0.5) is 0 Å². The first-order chi connectivity index (χ1) is 19.8. The second-order valence-corrected chi connectivity index (χ2v) is 10.2. The average Bonchev–Trinajstić information content (AvgIpc) is 2.99. The summed E-state index contributed by atoms with van der Waals surface area (Å²) < 4.78 is 16.4. The van der Waals surface area contributed by atoms with Gasteiger partial charge in [0.1, 0.15) is 18.9 Å². The van der Waals surface area contributed by atoms with Gasteiger partial charge in [0.15, 0.2) is 0 Å². The Morgan fingerprint density at radius 2 is 1.56 bits per heavy atom. The smallest absolute Gasteiger partial charge is 0.336 e. The molecule has 2 amide bonds. The third-order valence-corrected chi connectivity index (χ3v) is 7.61. The highest BCUT2D eigenvalue weighted by atomic mass is 16.5. The lowest BCUT2D eigenvalue weighted by atomic mass is 9.83. The van der Waals surface area contributed by atoms with Gasteiger partial charge in [0.25, 0.3) is 0 Å². The Morgan fingerprint density at radius 3 is 2.20 bits per heavy atom. The molecule has 2 aliphatic heterocycles. The largest absolute Gasteiger partial charge is 0.489 e. The number of amides is 2. The molecule has 9 heteroatoms. The van der Waals surface area contributed by atoms with E-state index in [0.717, 1.165) is 11.1 Å². The molecule has 2 aromatic rings. The Labute approximate surface area is 241 Å². The van der Waals surface area contributed by atoms with Crippen LogP contribution in [0.25, 0.3) is 0 Å². The maximum absolute atomic E-state index is 13.4. The molecule has 1 unspecified atom stereocenters. The van der Waals surface area contributed by atoms with Gasteiger partial charge in [-0.05, 0) is 56.9 Å². The minimum atomic E-state index is -0.503. The van der Waals surface area contributed by atoms with E-state index in [1.54, 1.807) is 25.7 Å². The molecule has 2 aromatic carbocycles. The summed E-state index contributed by atoms with van der Waals surface area (Å²) in [5, 5.41) is 0. The summed E-state index contributed by atoms with van der Waals surface area (Å²) in [5.41, 5.74) is 2.64. The van der Waals surface area contributed by atoms with Gasteiger partial charge in [-0.2, -0.15) is 0 Å². The lowest BCUT2D eigenvalue weighted by Gasteiger charge is -2.36. The first-order valence-electron chi connectivity index (χ1n) is 14.2. The fourth-order valence-electron chi connectivity index (χ4n) is 5.36. The van der Waals surface area contributed by atoms with Crippen molar-refractivity contribution in [1.29, 1.82) is 0 Å². The number of ether oxygens (including phenoxy) is 3. The van der Waals surface area contributed by atoms with E-state index in [2.05, 4.69) is 0 Å². The zero-order chi connectivity index (χ0) is 29.4. The molecule has 9 nitrogen and oxygen atoms in total. The summed E-state index contributed by atoms with van der Waals surface area (Å²) in [5.74, 6) is -1.23. The molecule has 0 spiro atoms. The number of carbonyl (C=O) groups is 4. The minimum absolute atomic E-state index is 0.0356. The molecule has 0 aromatic heterocycles. The standard InChI is InChI=1S/C32H38N2O7/c1-4-39-31(37)25-15-17-33(18-16-25)29(36)20-34-22(3)30(32(38)40-5-2)27(19-28(34)35)24-11-13-26(14-12-24)41-21-23-9-7-6-8-10-23/h6-14,25,27H,4-5,15-21H2,1-3H3. The molecule has 218 valence electrons. The number of esters is 2. The summed E-state index contributed by atoms with van der Waals surface area (Å²) in [7, 11) is 0.